The Morgan fingerprint density at radius 1 is 1.63 bits per heavy atom. The molecule has 2 unspecified atom stereocenters. The second kappa shape index (κ2) is 5.67. The van der Waals surface area contributed by atoms with Gasteiger partial charge in [-0.2, -0.15) is 5.26 Å². The van der Waals surface area contributed by atoms with Crippen molar-refractivity contribution in [3.05, 3.63) is 23.9 Å². The molecule has 1 N–H and O–H groups in total. The Balaban J connectivity index is 2.23. The van der Waals surface area contributed by atoms with Crippen molar-refractivity contribution in [2.75, 3.05) is 24.7 Å². The Kier molecular flexibility index (Phi) is 3.97. The fraction of sp³-hybridized carbons (Fsp3) is 0.462. The van der Waals surface area contributed by atoms with Gasteiger partial charge in [-0.05, 0) is 19.1 Å². The van der Waals surface area contributed by atoms with E-state index < -0.39 is 11.9 Å². The Hall–Kier alpha value is -2.13. The number of carbonyl (C=O) groups is 1. The average Bonchev–Trinajstić information content (AvgIpc) is 2.90. The molecule has 1 aromatic rings. The van der Waals surface area contributed by atoms with Gasteiger partial charge in [0.05, 0.1) is 24.8 Å². The molecule has 6 nitrogen and oxygen atoms in total. The number of nitriles is 1. The Morgan fingerprint density at radius 2 is 2.42 bits per heavy atom. The number of pyridine rings is 1. The molecule has 2 heterocycles. The third-order valence-electron chi connectivity index (χ3n) is 3.28. The molecule has 0 amide bonds. The van der Waals surface area contributed by atoms with Gasteiger partial charge in [0, 0.05) is 12.7 Å². The summed E-state index contributed by atoms with van der Waals surface area (Å²) in [5.74, 6) is -0.727. The molecule has 100 valence electrons. The first-order chi connectivity index (χ1) is 9.17. The van der Waals surface area contributed by atoms with Gasteiger partial charge in [-0.15, -0.1) is 0 Å². The first-order valence-electron chi connectivity index (χ1n) is 6.10. The second-order valence-corrected chi connectivity index (χ2v) is 4.35. The van der Waals surface area contributed by atoms with Crippen LogP contribution in [-0.4, -0.2) is 41.9 Å². The third-order valence-corrected chi connectivity index (χ3v) is 3.28. The van der Waals surface area contributed by atoms with Crippen molar-refractivity contribution < 1.29 is 14.6 Å². The summed E-state index contributed by atoms with van der Waals surface area (Å²) in [5.41, 5.74) is 0.484. The number of ether oxygens (including phenoxy) is 1. The summed E-state index contributed by atoms with van der Waals surface area (Å²) in [4.78, 5) is 17.3. The Labute approximate surface area is 111 Å². The minimum Gasteiger partial charge on any atom is -0.481 e. The zero-order valence-corrected chi connectivity index (χ0v) is 10.6. The van der Waals surface area contributed by atoms with Gasteiger partial charge in [-0.3, -0.25) is 4.79 Å². The van der Waals surface area contributed by atoms with Crippen LogP contribution in [-0.2, 0) is 9.53 Å². The highest BCUT2D eigenvalue weighted by atomic mass is 16.5. The van der Waals surface area contributed by atoms with E-state index in [1.807, 2.05) is 17.9 Å². The molecule has 0 bridgehead atoms. The molecular formula is C13H15N3O3. The van der Waals surface area contributed by atoms with Crippen LogP contribution in [0, 0.1) is 17.2 Å². The number of carboxylic acids is 1. The van der Waals surface area contributed by atoms with Gasteiger partial charge >= 0.3 is 5.97 Å². The number of aromatic nitrogens is 1. The van der Waals surface area contributed by atoms with Crippen LogP contribution in [0.15, 0.2) is 18.3 Å². The topological polar surface area (TPSA) is 86.5 Å². The highest BCUT2D eigenvalue weighted by Gasteiger charge is 2.38. The molecule has 1 saturated heterocycles. The van der Waals surface area contributed by atoms with E-state index in [0.29, 0.717) is 24.5 Å². The van der Waals surface area contributed by atoms with Crippen LogP contribution in [0.25, 0.3) is 0 Å². The molecule has 2 rings (SSSR count). The monoisotopic (exact) mass is 261 g/mol. The lowest BCUT2D eigenvalue weighted by Gasteiger charge is -2.30. The van der Waals surface area contributed by atoms with Gasteiger partial charge in [0.15, 0.2) is 0 Å². The van der Waals surface area contributed by atoms with Crippen molar-refractivity contribution >= 4 is 11.8 Å². The predicted molar refractivity (Wildman–Crippen MR) is 67.7 cm³/mol. The first-order valence-corrected chi connectivity index (χ1v) is 6.10. The van der Waals surface area contributed by atoms with Gasteiger partial charge in [0.25, 0.3) is 0 Å². The molecule has 6 heteroatoms. The number of hydrogen-bond acceptors (Lipinski definition) is 5. The molecule has 19 heavy (non-hydrogen) atoms. The summed E-state index contributed by atoms with van der Waals surface area (Å²) in [6.45, 7) is 3.19. The molecule has 1 fully saturated rings. The number of hydrogen-bond donors (Lipinski definition) is 1. The van der Waals surface area contributed by atoms with Gasteiger partial charge < -0.3 is 14.7 Å². The molecule has 0 saturated carbocycles. The Morgan fingerprint density at radius 3 is 2.95 bits per heavy atom. The number of nitrogens with zero attached hydrogens (tertiary/aromatic N) is 3. The molecule has 1 aromatic heterocycles. The molecule has 0 aromatic carbocycles. The molecule has 1 aliphatic heterocycles. The van der Waals surface area contributed by atoms with Crippen LogP contribution in [0.2, 0.25) is 0 Å². The minimum atomic E-state index is -0.852. The molecule has 2 atom stereocenters. The maximum absolute atomic E-state index is 11.2. The van der Waals surface area contributed by atoms with Gasteiger partial charge in [-0.25, -0.2) is 4.98 Å². The van der Waals surface area contributed by atoms with Crippen LogP contribution in [0.4, 0.5) is 5.82 Å². The molecule has 1 aliphatic rings. The van der Waals surface area contributed by atoms with Crippen LogP contribution in [0.1, 0.15) is 12.5 Å². The maximum atomic E-state index is 11.2. The molecule has 0 spiro atoms. The highest BCUT2D eigenvalue weighted by Crippen LogP contribution is 2.24. The van der Waals surface area contributed by atoms with Gasteiger partial charge in [0.1, 0.15) is 17.8 Å². The van der Waals surface area contributed by atoms with Crippen molar-refractivity contribution in [3.63, 3.8) is 0 Å². The number of rotatable bonds is 4. The summed E-state index contributed by atoms with van der Waals surface area (Å²) in [5, 5.41) is 17.9. The van der Waals surface area contributed by atoms with E-state index in [4.69, 9.17) is 10.00 Å². The summed E-state index contributed by atoms with van der Waals surface area (Å²) >= 11 is 0. The lowest BCUT2D eigenvalue weighted by molar-refractivity contribution is -0.141. The van der Waals surface area contributed by atoms with Crippen molar-refractivity contribution in [2.24, 2.45) is 5.92 Å². The normalized spacial score (nSPS) is 21.9. The van der Waals surface area contributed by atoms with E-state index in [-0.39, 0.29) is 12.6 Å². The van der Waals surface area contributed by atoms with E-state index in [1.165, 1.54) is 6.20 Å². The quantitative estimate of drug-likeness (QED) is 0.865. The molecule has 0 radical (unpaired) electrons. The van der Waals surface area contributed by atoms with Crippen LogP contribution in [0.3, 0.4) is 0 Å². The zero-order chi connectivity index (χ0) is 13.8. The van der Waals surface area contributed by atoms with Crippen molar-refractivity contribution in [1.29, 1.82) is 5.26 Å². The van der Waals surface area contributed by atoms with Crippen molar-refractivity contribution in [3.8, 4) is 6.07 Å². The summed E-state index contributed by atoms with van der Waals surface area (Å²) in [7, 11) is 0. The number of aliphatic carboxylic acids is 1. The first kappa shape index (κ1) is 13.3. The fourth-order valence-electron chi connectivity index (χ4n) is 2.27. The van der Waals surface area contributed by atoms with Gasteiger partial charge in [0.2, 0.25) is 0 Å². The highest BCUT2D eigenvalue weighted by molar-refractivity contribution is 5.72. The third kappa shape index (κ3) is 2.66. The largest absolute Gasteiger partial charge is 0.481 e. The maximum Gasteiger partial charge on any atom is 0.311 e. The summed E-state index contributed by atoms with van der Waals surface area (Å²) in [6.07, 6.45) is 1.49. The van der Waals surface area contributed by atoms with Crippen molar-refractivity contribution in [1.82, 2.24) is 4.98 Å². The van der Waals surface area contributed by atoms with E-state index >= 15 is 0 Å². The fourth-order valence-corrected chi connectivity index (χ4v) is 2.27. The smallest absolute Gasteiger partial charge is 0.311 e. The second-order valence-electron chi connectivity index (χ2n) is 4.35. The number of likely N-dealkylation sites (N-methyl/N-ethyl adjacent to an activating group) is 1. The van der Waals surface area contributed by atoms with Crippen LogP contribution >= 0.6 is 0 Å². The van der Waals surface area contributed by atoms with E-state index in [0.717, 1.165) is 0 Å². The SMILES string of the molecule is CCN(c1ccc(C#N)cn1)C1COCC1C(=O)O. The Bertz CT molecular complexity index is 495. The molecular weight excluding hydrogens is 246 g/mol. The minimum absolute atomic E-state index is 0.220. The van der Waals surface area contributed by atoms with Crippen molar-refractivity contribution in [2.45, 2.75) is 13.0 Å². The van der Waals surface area contributed by atoms with E-state index in [9.17, 15) is 9.90 Å². The molecule has 0 aliphatic carbocycles. The van der Waals surface area contributed by atoms with Crippen LogP contribution in [0.5, 0.6) is 0 Å². The average molecular weight is 261 g/mol. The number of anilines is 1. The summed E-state index contributed by atoms with van der Waals surface area (Å²) in [6, 6.07) is 5.20. The number of carboxylic acid groups (broad SMARTS) is 1. The van der Waals surface area contributed by atoms with Crippen LogP contribution < -0.4 is 4.90 Å². The van der Waals surface area contributed by atoms with E-state index in [2.05, 4.69) is 4.98 Å². The predicted octanol–water partition coefficient (Wildman–Crippen LogP) is 0.879. The standard InChI is InChI=1S/C13H15N3O3/c1-2-16(11-8-19-7-10(11)13(17)18)12-4-3-9(5-14)6-15-12/h3-4,6,10-11H,2,7-8H2,1H3,(H,17,18). The lowest BCUT2D eigenvalue weighted by Crippen LogP contribution is -2.43. The van der Waals surface area contributed by atoms with E-state index in [1.54, 1.807) is 12.1 Å². The zero-order valence-electron chi connectivity index (χ0n) is 10.6. The lowest BCUT2D eigenvalue weighted by atomic mass is 10.0. The summed E-state index contributed by atoms with van der Waals surface area (Å²) < 4.78 is 5.28. The van der Waals surface area contributed by atoms with Gasteiger partial charge in [-0.1, -0.05) is 0 Å².